The number of hydrogen-bond donors (Lipinski definition) is 0. The molecule has 2 bridgehead atoms. The quantitative estimate of drug-likeness (QED) is 0.515. The van der Waals surface area contributed by atoms with Gasteiger partial charge in [0.2, 0.25) is 0 Å². The van der Waals surface area contributed by atoms with Gasteiger partial charge in [0.15, 0.2) is 0 Å². The molecule has 0 spiro atoms. The van der Waals surface area contributed by atoms with Crippen LogP contribution in [0.3, 0.4) is 0 Å². The van der Waals surface area contributed by atoms with E-state index in [4.69, 9.17) is 27.9 Å². The van der Waals surface area contributed by atoms with Gasteiger partial charge in [0.1, 0.15) is 0 Å². The highest BCUT2D eigenvalue weighted by atomic mass is 35.5. The van der Waals surface area contributed by atoms with Gasteiger partial charge in [-0.25, -0.2) is 0 Å². The molecule has 0 unspecified atom stereocenters. The molecule has 0 amide bonds. The molecule has 0 N–H and O–H groups in total. The van der Waals surface area contributed by atoms with Crippen molar-refractivity contribution in [1.82, 2.24) is 0 Å². The van der Waals surface area contributed by atoms with E-state index in [0.29, 0.717) is 11.0 Å². The zero-order chi connectivity index (χ0) is 10.3. The SMILES string of the molecule is COC(=O)[C@H]1C[C@H]2C=C(Cl)[C@H](Cl)[C@@H]1C2. The van der Waals surface area contributed by atoms with Crippen molar-refractivity contribution in [3.63, 3.8) is 0 Å². The summed E-state index contributed by atoms with van der Waals surface area (Å²) in [6, 6.07) is 0. The summed E-state index contributed by atoms with van der Waals surface area (Å²) in [5, 5.41) is 0.485. The predicted octanol–water partition coefficient (Wildman–Crippen LogP) is 2.55. The number of hydrogen-bond acceptors (Lipinski definition) is 2. The first-order valence-corrected chi connectivity index (χ1v) is 5.54. The number of carbonyl (C=O) groups excluding carboxylic acids is 1. The normalized spacial score (nSPS) is 40.6. The molecule has 1 fully saturated rings. The van der Waals surface area contributed by atoms with Gasteiger partial charge < -0.3 is 4.74 Å². The van der Waals surface area contributed by atoms with E-state index in [1.165, 1.54) is 7.11 Å². The van der Waals surface area contributed by atoms with Crippen LogP contribution in [-0.2, 0) is 9.53 Å². The molecule has 0 heterocycles. The van der Waals surface area contributed by atoms with Gasteiger partial charge in [-0.3, -0.25) is 4.79 Å². The molecule has 0 aromatic heterocycles. The summed E-state index contributed by atoms with van der Waals surface area (Å²) < 4.78 is 4.76. The van der Waals surface area contributed by atoms with Crippen LogP contribution in [0.1, 0.15) is 12.8 Å². The fourth-order valence-electron chi connectivity index (χ4n) is 2.51. The van der Waals surface area contributed by atoms with Gasteiger partial charge in [-0.1, -0.05) is 17.7 Å². The molecule has 4 heteroatoms. The van der Waals surface area contributed by atoms with E-state index in [2.05, 4.69) is 0 Å². The van der Waals surface area contributed by atoms with Gasteiger partial charge >= 0.3 is 5.97 Å². The second-order valence-corrected chi connectivity index (χ2v) is 4.88. The van der Waals surface area contributed by atoms with E-state index in [1.54, 1.807) is 0 Å². The highest BCUT2D eigenvalue weighted by Gasteiger charge is 2.45. The number of alkyl halides is 1. The van der Waals surface area contributed by atoms with Gasteiger partial charge in [-0.2, -0.15) is 0 Å². The number of allylic oxidation sites excluding steroid dienone is 2. The first kappa shape index (κ1) is 10.3. The van der Waals surface area contributed by atoms with Crippen LogP contribution < -0.4 is 0 Å². The van der Waals surface area contributed by atoms with Crippen LogP contribution in [-0.4, -0.2) is 18.5 Å². The third kappa shape index (κ3) is 1.55. The number of rotatable bonds is 1. The Hall–Kier alpha value is -0.210. The lowest BCUT2D eigenvalue weighted by Gasteiger charge is -2.24. The summed E-state index contributed by atoms with van der Waals surface area (Å²) in [6.45, 7) is 0. The molecular formula is C10H12Cl2O2. The number of carbonyl (C=O) groups is 1. The monoisotopic (exact) mass is 234 g/mol. The van der Waals surface area contributed by atoms with Crippen molar-refractivity contribution in [3.8, 4) is 0 Å². The Balaban J connectivity index is 2.19. The molecular weight excluding hydrogens is 223 g/mol. The van der Waals surface area contributed by atoms with E-state index in [-0.39, 0.29) is 23.2 Å². The Morgan fingerprint density at radius 3 is 2.93 bits per heavy atom. The van der Waals surface area contributed by atoms with Crippen molar-refractivity contribution in [1.29, 1.82) is 0 Å². The molecule has 14 heavy (non-hydrogen) atoms. The molecule has 0 aliphatic heterocycles. The van der Waals surface area contributed by atoms with Crippen LogP contribution in [0.25, 0.3) is 0 Å². The van der Waals surface area contributed by atoms with E-state index < -0.39 is 0 Å². The number of methoxy groups -OCH3 is 1. The lowest BCUT2D eigenvalue weighted by Crippen LogP contribution is -2.27. The smallest absolute Gasteiger partial charge is 0.309 e. The maximum Gasteiger partial charge on any atom is 0.309 e. The molecule has 0 radical (unpaired) electrons. The average Bonchev–Trinajstić information content (AvgIpc) is 2.54. The summed E-state index contributed by atoms with van der Waals surface area (Å²) in [5.74, 6) is 0.348. The van der Waals surface area contributed by atoms with Crippen LogP contribution >= 0.6 is 23.2 Å². The fourth-order valence-corrected chi connectivity index (χ4v) is 3.21. The number of ether oxygens (including phenoxy) is 1. The first-order chi connectivity index (χ1) is 6.63. The van der Waals surface area contributed by atoms with E-state index in [9.17, 15) is 4.79 Å². The third-order valence-electron chi connectivity index (χ3n) is 3.19. The van der Waals surface area contributed by atoms with Crippen molar-refractivity contribution in [3.05, 3.63) is 11.1 Å². The Labute approximate surface area is 93.2 Å². The van der Waals surface area contributed by atoms with Crippen LogP contribution in [0.15, 0.2) is 11.1 Å². The molecule has 4 atom stereocenters. The zero-order valence-corrected chi connectivity index (χ0v) is 9.39. The molecule has 78 valence electrons. The molecule has 2 nitrogen and oxygen atoms in total. The fraction of sp³-hybridized carbons (Fsp3) is 0.700. The topological polar surface area (TPSA) is 26.3 Å². The molecule has 0 aromatic rings. The largest absolute Gasteiger partial charge is 0.469 e. The molecule has 0 aromatic carbocycles. The first-order valence-electron chi connectivity index (χ1n) is 4.72. The minimum absolute atomic E-state index is 0.0694. The van der Waals surface area contributed by atoms with E-state index in [1.807, 2.05) is 6.08 Å². The van der Waals surface area contributed by atoms with Gasteiger partial charge in [-0.15, -0.1) is 11.6 Å². The van der Waals surface area contributed by atoms with Crippen molar-refractivity contribution in [2.45, 2.75) is 18.2 Å². The highest BCUT2D eigenvalue weighted by Crippen LogP contribution is 2.48. The molecule has 0 saturated heterocycles. The second-order valence-electron chi connectivity index (χ2n) is 3.98. The lowest BCUT2D eigenvalue weighted by molar-refractivity contribution is -0.146. The van der Waals surface area contributed by atoms with Crippen LogP contribution in [0, 0.1) is 17.8 Å². The van der Waals surface area contributed by atoms with Gasteiger partial charge in [0.25, 0.3) is 0 Å². The van der Waals surface area contributed by atoms with Crippen molar-refractivity contribution in [2.75, 3.05) is 7.11 Å². The summed E-state index contributed by atoms with van der Waals surface area (Å²) in [7, 11) is 1.42. The Morgan fingerprint density at radius 1 is 1.57 bits per heavy atom. The highest BCUT2D eigenvalue weighted by molar-refractivity contribution is 6.37. The number of fused-ring (bicyclic) bond motifs is 2. The minimum atomic E-state index is -0.209. The number of esters is 1. The predicted molar refractivity (Wildman–Crippen MR) is 55.3 cm³/mol. The Bertz CT molecular complexity index is 288. The molecule has 2 aliphatic carbocycles. The van der Waals surface area contributed by atoms with Crippen molar-refractivity contribution >= 4 is 29.2 Å². The summed E-state index contributed by atoms with van der Waals surface area (Å²) >= 11 is 12.1. The maximum absolute atomic E-state index is 11.5. The summed E-state index contributed by atoms with van der Waals surface area (Å²) in [4.78, 5) is 11.5. The Morgan fingerprint density at radius 2 is 2.29 bits per heavy atom. The Kier molecular flexibility index (Phi) is 2.76. The number of halogens is 2. The molecule has 1 saturated carbocycles. The summed E-state index contributed by atoms with van der Waals surface area (Å²) in [6.07, 6.45) is 3.78. The van der Waals surface area contributed by atoms with Gasteiger partial charge in [0.05, 0.1) is 18.4 Å². The summed E-state index contributed by atoms with van der Waals surface area (Å²) in [5.41, 5.74) is 0. The molecule has 2 aliphatic rings. The average molecular weight is 235 g/mol. The van der Waals surface area contributed by atoms with Gasteiger partial charge in [-0.05, 0) is 24.7 Å². The standard InChI is InChI=1S/C10H12Cl2O2/c1-14-10(13)7-3-5-2-6(7)9(12)8(11)4-5/h4-7,9H,2-3H2,1H3/t5-,6+,7-,9+/m0/s1. The minimum Gasteiger partial charge on any atom is -0.469 e. The third-order valence-corrected chi connectivity index (χ3v) is 4.22. The van der Waals surface area contributed by atoms with Crippen LogP contribution in [0.2, 0.25) is 0 Å². The maximum atomic E-state index is 11.5. The van der Waals surface area contributed by atoms with Crippen LogP contribution in [0.5, 0.6) is 0 Å². The van der Waals surface area contributed by atoms with Crippen molar-refractivity contribution < 1.29 is 9.53 Å². The van der Waals surface area contributed by atoms with E-state index in [0.717, 1.165) is 12.8 Å². The van der Waals surface area contributed by atoms with E-state index >= 15 is 0 Å². The second kappa shape index (κ2) is 3.74. The molecule has 2 rings (SSSR count). The lowest BCUT2D eigenvalue weighted by atomic mass is 9.90. The van der Waals surface area contributed by atoms with Gasteiger partial charge in [0, 0.05) is 5.03 Å². The van der Waals surface area contributed by atoms with Crippen LogP contribution in [0.4, 0.5) is 0 Å². The van der Waals surface area contributed by atoms with Crippen molar-refractivity contribution in [2.24, 2.45) is 17.8 Å². The zero-order valence-electron chi connectivity index (χ0n) is 7.87.